The summed E-state index contributed by atoms with van der Waals surface area (Å²) in [6.45, 7) is 1.75. The van der Waals surface area contributed by atoms with E-state index in [4.69, 9.17) is 9.15 Å². The zero-order chi connectivity index (χ0) is 20.4. The Morgan fingerprint density at radius 2 is 1.59 bits per heavy atom. The number of benzene rings is 3. The molecule has 0 saturated carbocycles. The molecule has 0 radical (unpaired) electrons. The second kappa shape index (κ2) is 7.73. The van der Waals surface area contributed by atoms with Gasteiger partial charge >= 0.3 is 0 Å². The van der Waals surface area contributed by atoms with E-state index >= 15 is 0 Å². The van der Waals surface area contributed by atoms with Crippen LogP contribution < -0.4 is 4.74 Å². The first-order valence-electron chi connectivity index (χ1n) is 9.20. The molecule has 6 heteroatoms. The van der Waals surface area contributed by atoms with E-state index in [0.29, 0.717) is 16.9 Å². The van der Waals surface area contributed by atoms with Gasteiger partial charge in [0.1, 0.15) is 17.9 Å². The number of ether oxygens (including phenoxy) is 1. The van der Waals surface area contributed by atoms with Gasteiger partial charge in [0, 0.05) is 10.9 Å². The molecule has 4 aromatic rings. The third-order valence-electron chi connectivity index (χ3n) is 4.49. The Morgan fingerprint density at radius 1 is 0.931 bits per heavy atom. The number of hydrogen-bond donors (Lipinski definition) is 1. The molecule has 0 aliphatic rings. The zero-order valence-electron chi connectivity index (χ0n) is 15.8. The summed E-state index contributed by atoms with van der Waals surface area (Å²) in [6.07, 6.45) is -0.609. The predicted octanol–water partition coefficient (Wildman–Crippen LogP) is 4.69. The van der Waals surface area contributed by atoms with E-state index in [0.717, 1.165) is 10.9 Å². The van der Waals surface area contributed by atoms with Gasteiger partial charge in [0.2, 0.25) is 14.9 Å². The Bertz CT molecular complexity index is 1220. The number of sulfone groups is 1. The van der Waals surface area contributed by atoms with E-state index < -0.39 is 15.9 Å². The van der Waals surface area contributed by atoms with Crippen molar-refractivity contribution < 1.29 is 22.7 Å². The smallest absolute Gasteiger partial charge is 0.240 e. The van der Waals surface area contributed by atoms with Gasteiger partial charge in [-0.05, 0) is 42.8 Å². The highest BCUT2D eigenvalue weighted by atomic mass is 32.2. The molecule has 0 spiro atoms. The van der Waals surface area contributed by atoms with Crippen molar-refractivity contribution in [3.8, 4) is 16.9 Å². The topological polar surface area (TPSA) is 76.7 Å². The van der Waals surface area contributed by atoms with Crippen molar-refractivity contribution in [2.45, 2.75) is 23.0 Å². The van der Waals surface area contributed by atoms with Crippen molar-refractivity contribution in [2.75, 3.05) is 6.61 Å². The Kier molecular flexibility index (Phi) is 5.13. The van der Waals surface area contributed by atoms with Gasteiger partial charge < -0.3 is 14.3 Å². The fourth-order valence-corrected chi connectivity index (χ4v) is 4.53. The molecule has 1 heterocycles. The highest BCUT2D eigenvalue weighted by molar-refractivity contribution is 7.91. The number of aliphatic hydroxyl groups is 1. The van der Waals surface area contributed by atoms with Crippen LogP contribution in [-0.2, 0) is 9.84 Å². The molecule has 1 unspecified atom stereocenters. The molecule has 4 rings (SSSR count). The molecule has 0 aliphatic carbocycles. The van der Waals surface area contributed by atoms with E-state index in [1.165, 1.54) is 12.1 Å². The second-order valence-electron chi connectivity index (χ2n) is 6.76. The number of para-hydroxylation sites is 1. The maximum absolute atomic E-state index is 13.4. The molecule has 0 bridgehead atoms. The normalized spacial score (nSPS) is 12.8. The van der Waals surface area contributed by atoms with Gasteiger partial charge in [0.25, 0.3) is 0 Å². The van der Waals surface area contributed by atoms with Crippen LogP contribution in [0, 0.1) is 0 Å². The molecule has 0 aliphatic heterocycles. The Hall–Kier alpha value is -3.09. The van der Waals surface area contributed by atoms with E-state index in [2.05, 4.69) is 0 Å². The number of hydrogen-bond acceptors (Lipinski definition) is 5. The molecule has 1 atom stereocenters. The second-order valence-corrected chi connectivity index (χ2v) is 8.61. The molecule has 5 nitrogen and oxygen atoms in total. The summed E-state index contributed by atoms with van der Waals surface area (Å²) >= 11 is 0. The standard InChI is InChI=1S/C23H20O5S/c1-16(24)15-27-18-11-13-19(14-12-18)29(25,26)23-22(17-7-3-2-4-8-17)20-9-5-6-10-21(20)28-23/h2-14,16,24H,15H2,1H3. The van der Waals surface area contributed by atoms with Gasteiger partial charge in [-0.2, -0.15) is 0 Å². The highest BCUT2D eigenvalue weighted by Gasteiger charge is 2.28. The fraction of sp³-hybridized carbons (Fsp3) is 0.130. The summed E-state index contributed by atoms with van der Waals surface area (Å²) in [5.41, 5.74) is 1.84. The largest absolute Gasteiger partial charge is 0.491 e. The maximum atomic E-state index is 13.4. The van der Waals surface area contributed by atoms with Crippen LogP contribution in [0.3, 0.4) is 0 Å². The molecule has 0 fully saturated rings. The minimum absolute atomic E-state index is 0.0810. The maximum Gasteiger partial charge on any atom is 0.240 e. The summed E-state index contributed by atoms with van der Waals surface area (Å²) in [7, 11) is -3.90. The van der Waals surface area contributed by atoms with Crippen molar-refractivity contribution in [1.29, 1.82) is 0 Å². The lowest BCUT2D eigenvalue weighted by Crippen LogP contribution is -2.12. The first-order chi connectivity index (χ1) is 14.0. The zero-order valence-corrected chi connectivity index (χ0v) is 16.6. The third-order valence-corrected chi connectivity index (χ3v) is 6.16. The number of fused-ring (bicyclic) bond motifs is 1. The molecular weight excluding hydrogens is 388 g/mol. The first-order valence-corrected chi connectivity index (χ1v) is 10.7. The van der Waals surface area contributed by atoms with Crippen molar-refractivity contribution >= 4 is 20.8 Å². The van der Waals surface area contributed by atoms with Crippen LogP contribution in [0.25, 0.3) is 22.1 Å². The fourth-order valence-electron chi connectivity index (χ4n) is 3.13. The molecule has 29 heavy (non-hydrogen) atoms. The predicted molar refractivity (Wildman–Crippen MR) is 111 cm³/mol. The molecule has 1 aromatic heterocycles. The number of aliphatic hydroxyl groups excluding tert-OH is 1. The quantitative estimate of drug-likeness (QED) is 0.501. The lowest BCUT2D eigenvalue weighted by atomic mass is 10.1. The Morgan fingerprint density at radius 3 is 2.28 bits per heavy atom. The average molecular weight is 408 g/mol. The molecule has 1 N–H and O–H groups in total. The molecular formula is C23H20O5S. The van der Waals surface area contributed by atoms with Crippen LogP contribution >= 0.6 is 0 Å². The van der Waals surface area contributed by atoms with Gasteiger partial charge in [-0.15, -0.1) is 0 Å². The summed E-state index contributed by atoms with van der Waals surface area (Å²) in [6, 6.07) is 22.7. The van der Waals surface area contributed by atoms with Crippen molar-refractivity contribution in [3.63, 3.8) is 0 Å². The van der Waals surface area contributed by atoms with Crippen LogP contribution in [0.1, 0.15) is 6.92 Å². The summed E-state index contributed by atoms with van der Waals surface area (Å²) in [5, 5.41) is 9.98. The van der Waals surface area contributed by atoms with E-state index in [9.17, 15) is 13.5 Å². The molecule has 148 valence electrons. The Labute approximate surface area is 169 Å². The van der Waals surface area contributed by atoms with Crippen molar-refractivity contribution in [1.82, 2.24) is 0 Å². The lowest BCUT2D eigenvalue weighted by molar-refractivity contribution is 0.122. The number of furan rings is 1. The van der Waals surface area contributed by atoms with Crippen LogP contribution in [-0.4, -0.2) is 26.2 Å². The summed E-state index contributed by atoms with van der Waals surface area (Å²) in [5.74, 6) is 0.484. The van der Waals surface area contributed by atoms with Crippen LogP contribution in [0.5, 0.6) is 5.75 Å². The first kappa shape index (κ1) is 19.2. The van der Waals surface area contributed by atoms with Crippen molar-refractivity contribution in [3.05, 3.63) is 78.9 Å². The van der Waals surface area contributed by atoms with Gasteiger partial charge in [-0.1, -0.05) is 48.5 Å². The number of rotatable bonds is 6. The average Bonchev–Trinajstić information content (AvgIpc) is 3.14. The third kappa shape index (κ3) is 3.77. The highest BCUT2D eigenvalue weighted by Crippen LogP contribution is 2.39. The summed E-state index contributed by atoms with van der Waals surface area (Å²) in [4.78, 5) is 0.109. The molecule has 0 amide bonds. The van der Waals surface area contributed by atoms with E-state index in [1.54, 1.807) is 25.1 Å². The van der Waals surface area contributed by atoms with Crippen LogP contribution in [0.4, 0.5) is 0 Å². The SMILES string of the molecule is CC(O)COc1ccc(S(=O)(=O)c2oc3ccccc3c2-c2ccccc2)cc1. The van der Waals surface area contributed by atoms with Gasteiger partial charge in [-0.25, -0.2) is 8.42 Å². The molecule has 0 saturated heterocycles. The van der Waals surface area contributed by atoms with Crippen LogP contribution in [0.2, 0.25) is 0 Å². The van der Waals surface area contributed by atoms with Crippen LogP contribution in [0.15, 0.2) is 93.3 Å². The monoisotopic (exact) mass is 408 g/mol. The van der Waals surface area contributed by atoms with E-state index in [-0.39, 0.29) is 16.6 Å². The van der Waals surface area contributed by atoms with E-state index in [1.807, 2.05) is 48.5 Å². The minimum Gasteiger partial charge on any atom is -0.491 e. The van der Waals surface area contributed by atoms with Gasteiger partial charge in [0.15, 0.2) is 0 Å². The molecule has 3 aromatic carbocycles. The minimum atomic E-state index is -3.90. The Balaban J connectivity index is 1.81. The van der Waals surface area contributed by atoms with Gasteiger partial charge in [-0.3, -0.25) is 0 Å². The summed E-state index contributed by atoms with van der Waals surface area (Å²) < 4.78 is 38.0. The van der Waals surface area contributed by atoms with Gasteiger partial charge in [0.05, 0.1) is 11.0 Å². The lowest BCUT2D eigenvalue weighted by Gasteiger charge is -2.09. The van der Waals surface area contributed by atoms with Crippen molar-refractivity contribution in [2.24, 2.45) is 0 Å².